The lowest BCUT2D eigenvalue weighted by Crippen LogP contribution is -2.17. The van der Waals surface area contributed by atoms with Gasteiger partial charge in [0.15, 0.2) is 0 Å². The number of rotatable bonds is 3. The summed E-state index contributed by atoms with van der Waals surface area (Å²) in [6, 6.07) is 6.66. The fourth-order valence-corrected chi connectivity index (χ4v) is 2.96. The number of nitrogens with one attached hydrogen (secondary N) is 1. The van der Waals surface area contributed by atoms with Crippen molar-refractivity contribution in [3.05, 3.63) is 55.8 Å². The molecule has 7 heteroatoms. The number of hydrogen-bond acceptors (Lipinski definition) is 4. The largest absolute Gasteiger partial charge is 0.506 e. The second kappa shape index (κ2) is 6.80. The van der Waals surface area contributed by atoms with Crippen molar-refractivity contribution in [1.82, 2.24) is 10.4 Å². The molecule has 1 heterocycles. The first kappa shape index (κ1) is 14.9. The van der Waals surface area contributed by atoms with E-state index in [4.69, 9.17) is 0 Å². The van der Waals surface area contributed by atoms with Gasteiger partial charge in [0, 0.05) is 28.0 Å². The summed E-state index contributed by atoms with van der Waals surface area (Å²) in [7, 11) is 0. The van der Waals surface area contributed by atoms with Crippen LogP contribution in [0, 0.1) is 3.57 Å². The zero-order valence-corrected chi connectivity index (χ0v) is 13.8. The number of pyridine rings is 1. The van der Waals surface area contributed by atoms with Crippen LogP contribution in [0.2, 0.25) is 0 Å². The van der Waals surface area contributed by atoms with E-state index < -0.39 is 0 Å². The van der Waals surface area contributed by atoms with E-state index >= 15 is 0 Å². The summed E-state index contributed by atoms with van der Waals surface area (Å²) in [5.74, 6) is -0.219. The molecule has 0 aliphatic carbocycles. The van der Waals surface area contributed by atoms with Crippen LogP contribution in [-0.4, -0.2) is 22.2 Å². The van der Waals surface area contributed by atoms with Gasteiger partial charge in [0.25, 0.3) is 5.91 Å². The maximum atomic E-state index is 11.7. The molecule has 20 heavy (non-hydrogen) atoms. The first-order valence-corrected chi connectivity index (χ1v) is 7.36. The van der Waals surface area contributed by atoms with Crippen molar-refractivity contribution < 1.29 is 9.90 Å². The third-order valence-corrected chi connectivity index (χ3v) is 3.65. The molecular formula is C13H9BrIN3O2. The van der Waals surface area contributed by atoms with E-state index in [1.807, 2.05) is 22.6 Å². The van der Waals surface area contributed by atoms with Crippen LogP contribution < -0.4 is 5.43 Å². The average molecular weight is 446 g/mol. The van der Waals surface area contributed by atoms with Gasteiger partial charge < -0.3 is 5.11 Å². The van der Waals surface area contributed by atoms with Gasteiger partial charge in [0.05, 0.1) is 9.78 Å². The lowest BCUT2D eigenvalue weighted by molar-refractivity contribution is 0.0955. The van der Waals surface area contributed by atoms with E-state index in [9.17, 15) is 9.90 Å². The Morgan fingerprint density at radius 2 is 2.10 bits per heavy atom. The number of carbonyl (C=O) groups excluding carboxylic acids is 1. The number of halogens is 2. The summed E-state index contributed by atoms with van der Waals surface area (Å²) in [5.41, 5.74) is 3.36. The van der Waals surface area contributed by atoms with E-state index in [0.29, 0.717) is 14.7 Å². The molecule has 0 unspecified atom stereocenters. The highest BCUT2D eigenvalue weighted by Gasteiger charge is 2.06. The van der Waals surface area contributed by atoms with Gasteiger partial charge in [-0.1, -0.05) is 15.9 Å². The van der Waals surface area contributed by atoms with E-state index in [0.717, 1.165) is 4.47 Å². The van der Waals surface area contributed by atoms with Crippen molar-refractivity contribution in [2.24, 2.45) is 5.10 Å². The summed E-state index contributed by atoms with van der Waals surface area (Å²) >= 11 is 5.35. The van der Waals surface area contributed by atoms with Gasteiger partial charge in [0.2, 0.25) is 0 Å². The Hall–Kier alpha value is -1.48. The summed E-state index contributed by atoms with van der Waals surface area (Å²) in [6.45, 7) is 0. The van der Waals surface area contributed by atoms with Crippen LogP contribution in [0.5, 0.6) is 5.75 Å². The summed E-state index contributed by atoms with van der Waals surface area (Å²) in [4.78, 5) is 15.6. The highest BCUT2D eigenvalue weighted by Crippen LogP contribution is 2.27. The Labute approximate surface area is 137 Å². The Morgan fingerprint density at radius 3 is 2.80 bits per heavy atom. The number of phenolic OH excluding ortho intramolecular Hbond substituents is 1. The monoisotopic (exact) mass is 445 g/mol. The number of phenols is 1. The van der Waals surface area contributed by atoms with E-state index in [2.05, 4.69) is 31.4 Å². The fourth-order valence-electron chi connectivity index (χ4n) is 1.41. The molecule has 0 fully saturated rings. The summed E-state index contributed by atoms with van der Waals surface area (Å²) in [6.07, 6.45) is 4.45. The molecule has 2 rings (SSSR count). The Bertz CT molecular complexity index is 662. The predicted molar refractivity (Wildman–Crippen MR) is 87.8 cm³/mol. The third-order valence-electron chi connectivity index (χ3n) is 2.37. The maximum Gasteiger partial charge on any atom is 0.271 e. The lowest BCUT2D eigenvalue weighted by Gasteiger charge is -2.03. The van der Waals surface area contributed by atoms with E-state index in [1.165, 1.54) is 18.6 Å². The second-order valence-electron chi connectivity index (χ2n) is 3.76. The number of benzene rings is 1. The Morgan fingerprint density at radius 1 is 1.40 bits per heavy atom. The number of carbonyl (C=O) groups is 1. The van der Waals surface area contributed by atoms with Crippen molar-refractivity contribution in [2.75, 3.05) is 0 Å². The number of aromatic hydroxyl groups is 1. The van der Waals surface area contributed by atoms with Crippen LogP contribution in [0.15, 0.2) is 46.2 Å². The number of amides is 1. The smallest absolute Gasteiger partial charge is 0.271 e. The van der Waals surface area contributed by atoms with E-state index in [-0.39, 0.29) is 11.7 Å². The first-order chi connectivity index (χ1) is 9.58. The molecule has 0 aliphatic heterocycles. The molecule has 0 saturated heterocycles. The summed E-state index contributed by atoms with van der Waals surface area (Å²) in [5, 5.41) is 13.7. The highest BCUT2D eigenvalue weighted by atomic mass is 127. The van der Waals surface area contributed by atoms with Crippen LogP contribution in [0.4, 0.5) is 0 Å². The number of hydrogen-bond donors (Lipinski definition) is 2. The quantitative estimate of drug-likeness (QED) is 0.433. The second-order valence-corrected chi connectivity index (χ2v) is 5.84. The maximum absolute atomic E-state index is 11.7. The zero-order chi connectivity index (χ0) is 14.5. The van der Waals surface area contributed by atoms with Gasteiger partial charge in [-0.3, -0.25) is 9.78 Å². The van der Waals surface area contributed by atoms with Crippen LogP contribution in [0.3, 0.4) is 0 Å². The average Bonchev–Trinajstić information content (AvgIpc) is 2.44. The zero-order valence-electron chi connectivity index (χ0n) is 10.0. The Balaban J connectivity index is 2.10. The first-order valence-electron chi connectivity index (χ1n) is 5.49. The predicted octanol–water partition coefficient (Wildman–Crippen LogP) is 2.92. The number of nitrogens with zero attached hydrogens (tertiary/aromatic N) is 2. The molecule has 1 amide bonds. The minimum Gasteiger partial charge on any atom is -0.506 e. The third kappa shape index (κ3) is 3.76. The molecule has 102 valence electrons. The molecule has 0 spiro atoms. The normalized spacial score (nSPS) is 10.7. The van der Waals surface area contributed by atoms with Crippen molar-refractivity contribution in [1.29, 1.82) is 0 Å². The van der Waals surface area contributed by atoms with Gasteiger partial charge in [-0.25, -0.2) is 5.43 Å². The van der Waals surface area contributed by atoms with Gasteiger partial charge in [0.1, 0.15) is 5.75 Å². The molecule has 0 saturated carbocycles. The van der Waals surface area contributed by atoms with Gasteiger partial charge >= 0.3 is 0 Å². The van der Waals surface area contributed by atoms with Crippen LogP contribution in [0.1, 0.15) is 15.9 Å². The molecule has 2 aromatic rings. The molecule has 0 atom stereocenters. The van der Waals surface area contributed by atoms with Crippen LogP contribution in [-0.2, 0) is 0 Å². The standard InChI is InChI=1S/C13H9BrIN3O2/c14-10-5-9(12(19)11(15)6-10)7-17-18-13(20)8-1-3-16-4-2-8/h1-7,19H,(H,18,20)/b17-7+. The van der Waals surface area contributed by atoms with Crippen molar-refractivity contribution in [2.45, 2.75) is 0 Å². The van der Waals surface area contributed by atoms with Crippen molar-refractivity contribution in [3.8, 4) is 5.75 Å². The SMILES string of the molecule is O=C(N/N=C/c1cc(Br)cc(I)c1O)c1ccncc1. The molecule has 2 N–H and O–H groups in total. The van der Waals surface area contributed by atoms with Gasteiger partial charge in [-0.2, -0.15) is 5.10 Å². The van der Waals surface area contributed by atoms with Crippen molar-refractivity contribution >= 4 is 50.6 Å². The molecule has 0 radical (unpaired) electrons. The fraction of sp³-hybridized carbons (Fsp3) is 0. The number of hydrazone groups is 1. The molecule has 0 bridgehead atoms. The van der Waals surface area contributed by atoms with Crippen LogP contribution >= 0.6 is 38.5 Å². The minimum atomic E-state index is -0.340. The number of aromatic nitrogens is 1. The van der Waals surface area contributed by atoms with E-state index in [1.54, 1.807) is 24.3 Å². The van der Waals surface area contributed by atoms with Crippen molar-refractivity contribution in [3.63, 3.8) is 0 Å². The molecule has 1 aromatic heterocycles. The Kier molecular flexibility index (Phi) is 5.07. The molecular weight excluding hydrogens is 437 g/mol. The molecule has 1 aromatic carbocycles. The summed E-state index contributed by atoms with van der Waals surface area (Å²) < 4.78 is 1.51. The lowest BCUT2D eigenvalue weighted by atomic mass is 10.2. The molecule has 0 aliphatic rings. The van der Waals surface area contributed by atoms with Crippen LogP contribution in [0.25, 0.3) is 0 Å². The van der Waals surface area contributed by atoms with Gasteiger partial charge in [-0.15, -0.1) is 0 Å². The highest BCUT2D eigenvalue weighted by molar-refractivity contribution is 14.1. The minimum absolute atomic E-state index is 0.121. The van der Waals surface area contributed by atoms with Gasteiger partial charge in [-0.05, 0) is 46.9 Å². The topological polar surface area (TPSA) is 74.6 Å². The molecule has 5 nitrogen and oxygen atoms in total.